The Balaban J connectivity index is 2.05. The number of nitrogens with zero attached hydrogens (tertiary/aromatic N) is 5. The van der Waals surface area contributed by atoms with E-state index in [4.69, 9.17) is 16.3 Å². The minimum absolute atomic E-state index is 0.521. The number of fused-ring (bicyclic) bond motifs is 1. The second kappa shape index (κ2) is 7.66. The molecule has 1 N–H and O–H groups in total. The van der Waals surface area contributed by atoms with Crippen LogP contribution in [0, 0.1) is 13.8 Å². The molecule has 3 heterocycles. The van der Waals surface area contributed by atoms with E-state index in [2.05, 4.69) is 15.0 Å². The first-order valence-electron chi connectivity index (χ1n) is 10.1. The van der Waals surface area contributed by atoms with Crippen molar-refractivity contribution in [3.63, 3.8) is 0 Å². The molecule has 4 rings (SSSR count). The van der Waals surface area contributed by atoms with Crippen molar-refractivity contribution >= 4 is 22.5 Å². The van der Waals surface area contributed by atoms with E-state index in [0.717, 1.165) is 22.6 Å². The fraction of sp³-hybridized carbons (Fsp3) is 0.348. The maximum atomic E-state index is 12.3. The van der Waals surface area contributed by atoms with Crippen LogP contribution in [0.25, 0.3) is 10.9 Å². The quantitative estimate of drug-likeness (QED) is 0.511. The molecule has 162 valence electrons. The highest BCUT2D eigenvalue weighted by molar-refractivity contribution is 6.36. The van der Waals surface area contributed by atoms with Crippen LogP contribution >= 0.6 is 11.6 Å². The van der Waals surface area contributed by atoms with Gasteiger partial charge in [-0.1, -0.05) is 24.6 Å². The molecule has 0 atom stereocenters. The average Bonchev–Trinajstić information content (AvgIpc) is 3.29. The molecule has 0 saturated carbocycles. The topological polar surface area (TPSA) is 78.0 Å². The summed E-state index contributed by atoms with van der Waals surface area (Å²) in [5.41, 5.74) is 1.98. The molecule has 0 unspecified atom stereocenters. The Bertz CT molecular complexity index is 1240. The van der Waals surface area contributed by atoms with Gasteiger partial charge in [0.2, 0.25) is 5.88 Å². The van der Waals surface area contributed by atoms with E-state index >= 15 is 0 Å². The number of aryl methyl sites for hydroxylation is 2. The highest BCUT2D eigenvalue weighted by Crippen LogP contribution is 2.40. The van der Waals surface area contributed by atoms with E-state index in [1.54, 1.807) is 19.5 Å². The lowest BCUT2D eigenvalue weighted by molar-refractivity contribution is 0.109. The molecule has 0 amide bonds. The highest BCUT2D eigenvalue weighted by atomic mass is 35.5. The van der Waals surface area contributed by atoms with Gasteiger partial charge in [-0.25, -0.2) is 15.0 Å². The Morgan fingerprint density at radius 3 is 2.10 bits per heavy atom. The van der Waals surface area contributed by atoms with Gasteiger partial charge in [-0.05, 0) is 38.0 Å². The number of hydrogen-bond acceptors (Lipinski definition) is 5. The molecule has 0 spiro atoms. The van der Waals surface area contributed by atoms with Crippen molar-refractivity contribution in [1.82, 2.24) is 24.1 Å². The van der Waals surface area contributed by atoms with E-state index in [1.165, 1.54) is 0 Å². The number of rotatable bonds is 5. The number of imidazole rings is 2. The van der Waals surface area contributed by atoms with Crippen molar-refractivity contribution in [2.45, 2.75) is 32.8 Å². The normalized spacial score (nSPS) is 12.0. The van der Waals surface area contributed by atoms with Crippen LogP contribution in [0.5, 0.6) is 5.88 Å². The number of aliphatic hydroxyl groups is 1. The van der Waals surface area contributed by atoms with Crippen molar-refractivity contribution in [3.05, 3.63) is 69.8 Å². The molecule has 7 nitrogen and oxygen atoms in total. The number of halogens is 1. The standard InChI is InChI=1S/C23H26ClN5O2/c1-7-16-21(24)17-10-15(8-9-18(17)27-22(16)31-6)23(30,19-11-25-13(2)28(19)4)20-12-26-14(3)29(20)5/h8-12,30H,7H2,1-6H3. The summed E-state index contributed by atoms with van der Waals surface area (Å²) in [6.45, 7) is 5.81. The molecule has 0 aliphatic heterocycles. The van der Waals surface area contributed by atoms with Gasteiger partial charge in [0.1, 0.15) is 11.6 Å². The molecular weight excluding hydrogens is 414 g/mol. The Kier molecular flexibility index (Phi) is 5.27. The van der Waals surface area contributed by atoms with Gasteiger partial charge in [0, 0.05) is 25.0 Å². The summed E-state index contributed by atoms with van der Waals surface area (Å²) >= 11 is 6.77. The Morgan fingerprint density at radius 2 is 1.65 bits per heavy atom. The number of pyridine rings is 1. The van der Waals surface area contributed by atoms with Gasteiger partial charge in [0.05, 0.1) is 41.4 Å². The first kappa shape index (κ1) is 21.3. The molecule has 0 saturated heterocycles. The van der Waals surface area contributed by atoms with Gasteiger partial charge in [-0.15, -0.1) is 0 Å². The fourth-order valence-electron chi connectivity index (χ4n) is 4.05. The molecule has 8 heteroatoms. The zero-order valence-electron chi connectivity index (χ0n) is 18.6. The predicted octanol–water partition coefficient (Wildman–Crippen LogP) is 3.83. The van der Waals surface area contributed by atoms with Crippen LogP contribution < -0.4 is 4.74 Å². The maximum absolute atomic E-state index is 12.3. The summed E-state index contributed by atoms with van der Waals surface area (Å²) in [7, 11) is 5.37. The third-order valence-corrected chi connectivity index (χ3v) is 6.56. The molecule has 0 bridgehead atoms. The molecular formula is C23H26ClN5O2. The summed E-state index contributed by atoms with van der Waals surface area (Å²) in [6, 6.07) is 5.62. The highest BCUT2D eigenvalue weighted by Gasteiger charge is 2.40. The average molecular weight is 440 g/mol. The Hall–Kier alpha value is -2.90. The Labute approximate surface area is 186 Å². The van der Waals surface area contributed by atoms with Crippen molar-refractivity contribution in [3.8, 4) is 5.88 Å². The van der Waals surface area contributed by atoms with Gasteiger partial charge in [0.25, 0.3) is 0 Å². The van der Waals surface area contributed by atoms with Gasteiger partial charge in [-0.2, -0.15) is 0 Å². The second-order valence-electron chi connectivity index (χ2n) is 7.71. The number of ether oxygens (including phenoxy) is 1. The van der Waals surface area contributed by atoms with Crippen LogP contribution in [0.2, 0.25) is 5.02 Å². The van der Waals surface area contributed by atoms with Crippen LogP contribution in [-0.2, 0) is 26.1 Å². The lowest BCUT2D eigenvalue weighted by atomic mass is 9.86. The second-order valence-corrected chi connectivity index (χ2v) is 8.09. The van der Waals surface area contributed by atoms with Crippen molar-refractivity contribution in [1.29, 1.82) is 0 Å². The summed E-state index contributed by atoms with van der Waals surface area (Å²) in [5.74, 6) is 2.11. The first-order chi connectivity index (χ1) is 14.7. The molecule has 1 aromatic carbocycles. The zero-order chi connectivity index (χ0) is 22.5. The van der Waals surface area contributed by atoms with E-state index in [9.17, 15) is 5.11 Å². The Morgan fingerprint density at radius 1 is 1.06 bits per heavy atom. The van der Waals surface area contributed by atoms with Gasteiger partial charge in [0.15, 0.2) is 5.60 Å². The van der Waals surface area contributed by atoms with Crippen LogP contribution in [-0.4, -0.2) is 36.3 Å². The minimum atomic E-state index is -1.49. The smallest absolute Gasteiger partial charge is 0.218 e. The largest absolute Gasteiger partial charge is 0.481 e. The molecule has 0 fully saturated rings. The summed E-state index contributed by atoms with van der Waals surface area (Å²) in [4.78, 5) is 13.4. The number of aromatic nitrogens is 5. The van der Waals surface area contributed by atoms with Crippen molar-refractivity contribution in [2.75, 3.05) is 7.11 Å². The van der Waals surface area contributed by atoms with Gasteiger partial charge >= 0.3 is 0 Å². The van der Waals surface area contributed by atoms with Crippen molar-refractivity contribution < 1.29 is 9.84 Å². The number of hydrogen-bond donors (Lipinski definition) is 1. The third kappa shape index (κ3) is 3.11. The fourth-order valence-corrected chi connectivity index (χ4v) is 4.41. The molecule has 0 aliphatic rings. The SMILES string of the molecule is CCc1c(OC)nc2ccc(C(O)(c3cnc(C)n3C)c3cnc(C)n3C)cc2c1Cl. The van der Waals surface area contributed by atoms with E-state index in [0.29, 0.717) is 39.8 Å². The third-order valence-electron chi connectivity index (χ3n) is 6.13. The monoisotopic (exact) mass is 439 g/mol. The molecule has 31 heavy (non-hydrogen) atoms. The van der Waals surface area contributed by atoms with E-state index in [1.807, 2.05) is 62.2 Å². The van der Waals surface area contributed by atoms with E-state index < -0.39 is 5.60 Å². The van der Waals surface area contributed by atoms with Gasteiger partial charge in [-0.3, -0.25) is 0 Å². The van der Waals surface area contributed by atoms with Gasteiger partial charge < -0.3 is 19.0 Å². The zero-order valence-corrected chi connectivity index (χ0v) is 19.3. The predicted molar refractivity (Wildman–Crippen MR) is 121 cm³/mol. The summed E-state index contributed by atoms with van der Waals surface area (Å²) in [5, 5.41) is 13.6. The summed E-state index contributed by atoms with van der Waals surface area (Å²) in [6.07, 6.45) is 4.09. The molecule has 0 radical (unpaired) electrons. The summed E-state index contributed by atoms with van der Waals surface area (Å²) < 4.78 is 9.20. The van der Waals surface area contributed by atoms with Crippen molar-refractivity contribution in [2.24, 2.45) is 14.1 Å². The van der Waals surface area contributed by atoms with Crippen LogP contribution in [0.1, 0.15) is 41.1 Å². The lowest BCUT2D eigenvalue weighted by Gasteiger charge is -2.30. The van der Waals surface area contributed by atoms with E-state index in [-0.39, 0.29) is 0 Å². The maximum Gasteiger partial charge on any atom is 0.218 e. The minimum Gasteiger partial charge on any atom is -0.481 e. The van der Waals surface area contributed by atoms with Crippen LogP contribution in [0.3, 0.4) is 0 Å². The first-order valence-corrected chi connectivity index (χ1v) is 10.5. The molecule has 4 aromatic rings. The van der Waals surface area contributed by atoms with Crippen LogP contribution in [0.15, 0.2) is 30.6 Å². The number of benzene rings is 1. The molecule has 3 aromatic heterocycles. The number of methoxy groups -OCH3 is 1. The lowest BCUT2D eigenvalue weighted by Crippen LogP contribution is -2.33. The van der Waals surface area contributed by atoms with Crippen LogP contribution in [0.4, 0.5) is 0 Å². The molecule has 0 aliphatic carbocycles.